The molecule has 2 saturated carbocycles. The largest absolute Gasteiger partial charge is 0.508 e. The Morgan fingerprint density at radius 1 is 1.20 bits per heavy atom. The molecule has 194 valence electrons. The molecule has 2 aliphatic rings. The summed E-state index contributed by atoms with van der Waals surface area (Å²) >= 11 is 0. The van der Waals surface area contributed by atoms with E-state index in [1.807, 2.05) is 26.2 Å². The van der Waals surface area contributed by atoms with Gasteiger partial charge in [0.1, 0.15) is 12.4 Å². The van der Waals surface area contributed by atoms with Gasteiger partial charge in [-0.1, -0.05) is 30.3 Å². The number of likely N-dealkylation sites (N-methyl/N-ethyl adjacent to an activating group) is 1. The molecule has 0 spiro atoms. The highest BCUT2D eigenvalue weighted by Crippen LogP contribution is 2.61. The second-order valence-electron chi connectivity index (χ2n) is 10.0. The normalized spacial score (nSPS) is 28.3. The van der Waals surface area contributed by atoms with E-state index in [9.17, 15) is 10.2 Å². The minimum atomic E-state index is -1.82. The molecule has 0 saturated heterocycles. The number of oxime groups is 1. The smallest absolute Gasteiger partial charge is 0.414 e. The highest BCUT2D eigenvalue weighted by Gasteiger charge is 2.58. The Bertz CT molecular complexity index is 933. The lowest BCUT2D eigenvalue weighted by atomic mass is 9.59. The molecule has 2 fully saturated rings. The fraction of sp³-hybridized carbons (Fsp3) is 0.577. The van der Waals surface area contributed by atoms with Gasteiger partial charge in [0.25, 0.3) is 0 Å². The van der Waals surface area contributed by atoms with E-state index in [0.717, 1.165) is 49.8 Å². The number of hydrogen-bond donors (Lipinski definition) is 4. The molecule has 0 bridgehead atoms. The monoisotopic (exact) mass is 490 g/mol. The van der Waals surface area contributed by atoms with E-state index >= 15 is 0 Å². The third kappa shape index (κ3) is 7.53. The minimum Gasteiger partial charge on any atom is -0.508 e. The molecule has 3 rings (SSSR count). The summed E-state index contributed by atoms with van der Waals surface area (Å²) < 4.78 is 0. The van der Waals surface area contributed by atoms with Gasteiger partial charge in [-0.3, -0.25) is 0 Å². The number of carboxylic acid groups (broad SMARTS) is 2. The molecule has 0 radical (unpaired) electrons. The number of aliphatic carboxylic acids is 2. The van der Waals surface area contributed by atoms with Crippen molar-refractivity contribution in [3.63, 3.8) is 0 Å². The lowest BCUT2D eigenvalue weighted by Crippen LogP contribution is -2.49. The van der Waals surface area contributed by atoms with Gasteiger partial charge in [0, 0.05) is 12.0 Å². The first-order valence-corrected chi connectivity index (χ1v) is 11.8. The second kappa shape index (κ2) is 12.2. The minimum absolute atomic E-state index is 0.124. The fourth-order valence-electron chi connectivity index (χ4n) is 5.17. The SMILES string of the molecule is CC(C=NOCCN(C)C)=C[C@H]1CC[C@]2(O)C[C@@H](c3cccc(O)c3)CC[C@]12C.O=C(O)C(=O)O. The highest BCUT2D eigenvalue weighted by atomic mass is 16.6. The number of carbonyl (C=O) groups is 2. The van der Waals surface area contributed by atoms with Gasteiger partial charge >= 0.3 is 11.9 Å². The van der Waals surface area contributed by atoms with Crippen molar-refractivity contribution in [3.8, 4) is 5.75 Å². The molecule has 0 amide bonds. The van der Waals surface area contributed by atoms with Crippen LogP contribution in [0.15, 0.2) is 41.1 Å². The number of phenols is 1. The predicted octanol–water partition coefficient (Wildman–Crippen LogP) is 3.47. The summed E-state index contributed by atoms with van der Waals surface area (Å²) in [6, 6.07) is 7.52. The Balaban J connectivity index is 0.000000641. The van der Waals surface area contributed by atoms with Crippen LogP contribution in [0.2, 0.25) is 0 Å². The second-order valence-corrected chi connectivity index (χ2v) is 10.0. The Labute approximate surface area is 206 Å². The van der Waals surface area contributed by atoms with Gasteiger partial charge in [0.05, 0.1) is 11.8 Å². The molecule has 0 aromatic heterocycles. The van der Waals surface area contributed by atoms with Crippen molar-refractivity contribution in [2.75, 3.05) is 27.2 Å². The van der Waals surface area contributed by atoms with E-state index in [0.29, 0.717) is 24.2 Å². The zero-order chi connectivity index (χ0) is 26.2. The number of carboxylic acids is 2. The maximum absolute atomic E-state index is 11.6. The van der Waals surface area contributed by atoms with Gasteiger partial charge in [-0.2, -0.15) is 0 Å². The van der Waals surface area contributed by atoms with Crippen LogP contribution in [0, 0.1) is 11.3 Å². The molecule has 4 N–H and O–H groups in total. The average Bonchev–Trinajstić information content (AvgIpc) is 3.03. The van der Waals surface area contributed by atoms with Crippen LogP contribution in [0.5, 0.6) is 5.75 Å². The maximum Gasteiger partial charge on any atom is 0.414 e. The maximum atomic E-state index is 11.6. The van der Waals surface area contributed by atoms with Crippen molar-refractivity contribution >= 4 is 18.2 Å². The van der Waals surface area contributed by atoms with E-state index in [4.69, 9.17) is 24.6 Å². The summed E-state index contributed by atoms with van der Waals surface area (Å²) in [5.41, 5.74) is 1.43. The van der Waals surface area contributed by atoms with Crippen molar-refractivity contribution in [1.29, 1.82) is 0 Å². The molecule has 0 heterocycles. The number of allylic oxidation sites excluding steroid dienone is 2. The van der Waals surface area contributed by atoms with Gasteiger partial charge in [-0.15, -0.1) is 0 Å². The van der Waals surface area contributed by atoms with Crippen molar-refractivity contribution in [3.05, 3.63) is 41.5 Å². The zero-order valence-corrected chi connectivity index (χ0v) is 21.0. The lowest BCUT2D eigenvalue weighted by molar-refractivity contribution is -0.159. The third-order valence-corrected chi connectivity index (χ3v) is 7.30. The number of hydrogen-bond acceptors (Lipinski definition) is 7. The number of benzene rings is 1. The lowest BCUT2D eigenvalue weighted by Gasteiger charge is -2.49. The predicted molar refractivity (Wildman–Crippen MR) is 133 cm³/mol. The molecule has 2 aliphatic carbocycles. The number of aliphatic hydroxyl groups is 1. The molecular formula is C26H38N2O7. The Morgan fingerprint density at radius 2 is 1.89 bits per heavy atom. The van der Waals surface area contributed by atoms with Crippen molar-refractivity contribution in [2.24, 2.45) is 16.5 Å². The molecule has 9 heteroatoms. The Hall–Kier alpha value is -2.91. The number of rotatable bonds is 7. The van der Waals surface area contributed by atoms with Crippen molar-refractivity contribution in [2.45, 2.75) is 57.5 Å². The molecule has 9 nitrogen and oxygen atoms in total. The first kappa shape index (κ1) is 28.3. The molecular weight excluding hydrogens is 452 g/mol. The van der Waals surface area contributed by atoms with Crippen LogP contribution in [0.4, 0.5) is 0 Å². The van der Waals surface area contributed by atoms with Gasteiger partial charge in [-0.05, 0) is 88.2 Å². The van der Waals surface area contributed by atoms with E-state index in [1.54, 1.807) is 12.3 Å². The summed E-state index contributed by atoms with van der Waals surface area (Å²) in [5.74, 6) is -2.70. The Kier molecular flexibility index (Phi) is 9.85. The molecule has 1 aromatic carbocycles. The van der Waals surface area contributed by atoms with Gasteiger partial charge in [0.2, 0.25) is 0 Å². The van der Waals surface area contributed by atoms with E-state index in [2.05, 4.69) is 36.0 Å². The summed E-state index contributed by atoms with van der Waals surface area (Å²) in [5, 5.41) is 40.3. The van der Waals surface area contributed by atoms with Gasteiger partial charge in [-0.25, -0.2) is 9.59 Å². The molecule has 35 heavy (non-hydrogen) atoms. The van der Waals surface area contributed by atoms with Crippen LogP contribution in [-0.4, -0.2) is 76.3 Å². The van der Waals surface area contributed by atoms with E-state index in [1.165, 1.54) is 0 Å². The average molecular weight is 491 g/mol. The molecule has 1 aromatic rings. The summed E-state index contributed by atoms with van der Waals surface area (Å²) in [6.45, 7) is 5.72. The van der Waals surface area contributed by atoms with E-state index in [-0.39, 0.29) is 5.41 Å². The van der Waals surface area contributed by atoms with Crippen LogP contribution < -0.4 is 0 Å². The first-order valence-electron chi connectivity index (χ1n) is 11.8. The fourth-order valence-corrected chi connectivity index (χ4v) is 5.17. The van der Waals surface area contributed by atoms with Crippen LogP contribution in [-0.2, 0) is 14.4 Å². The zero-order valence-electron chi connectivity index (χ0n) is 21.0. The number of nitrogens with zero attached hydrogens (tertiary/aromatic N) is 2. The first-order chi connectivity index (χ1) is 16.4. The quantitative estimate of drug-likeness (QED) is 0.197. The van der Waals surface area contributed by atoms with Crippen LogP contribution in [0.25, 0.3) is 0 Å². The Morgan fingerprint density at radius 3 is 2.49 bits per heavy atom. The van der Waals surface area contributed by atoms with Crippen LogP contribution >= 0.6 is 0 Å². The summed E-state index contributed by atoms with van der Waals surface area (Å²) in [7, 11) is 4.02. The highest BCUT2D eigenvalue weighted by molar-refractivity contribution is 6.27. The summed E-state index contributed by atoms with van der Waals surface area (Å²) in [4.78, 5) is 25.6. The van der Waals surface area contributed by atoms with Crippen molar-refractivity contribution < 1.29 is 34.9 Å². The van der Waals surface area contributed by atoms with Gasteiger partial charge in [0.15, 0.2) is 0 Å². The standard InChI is InChI=1S/C24H36N2O3.C2H2O4/c1-18(17-25-29-13-12-26(3)4)14-21-9-11-24(28)16-20(8-10-23(21,24)2)19-6-5-7-22(27)15-19;3-1(4)2(5)6/h5-7,14-15,17,20-21,27-28H,8-13,16H2,1-4H3;(H,3,4)(H,5,6)/t20-,21+,23+,24-;/m0./s1. The summed E-state index contributed by atoms with van der Waals surface area (Å²) in [6.07, 6.45) is 8.65. The third-order valence-electron chi connectivity index (χ3n) is 7.30. The van der Waals surface area contributed by atoms with Gasteiger partial charge < -0.3 is 30.2 Å². The molecule has 4 atom stereocenters. The number of phenolic OH excluding ortho intramolecular Hbond substituents is 1. The van der Waals surface area contributed by atoms with E-state index < -0.39 is 17.5 Å². The topological polar surface area (TPSA) is 140 Å². The van der Waals surface area contributed by atoms with Crippen LogP contribution in [0.3, 0.4) is 0 Å². The number of fused-ring (bicyclic) bond motifs is 1. The number of aromatic hydroxyl groups is 1. The molecule has 0 unspecified atom stereocenters. The van der Waals surface area contributed by atoms with Crippen molar-refractivity contribution in [1.82, 2.24) is 4.90 Å². The van der Waals surface area contributed by atoms with Crippen LogP contribution in [0.1, 0.15) is 57.4 Å². The molecule has 0 aliphatic heterocycles.